The SMILES string of the molecule is COc1ccc(OC)c(CCC(=O)N2CCC(Oc3ccc(F)cc3F)CC2)c1. The maximum absolute atomic E-state index is 13.7. The third-order valence-corrected chi connectivity index (χ3v) is 5.08. The molecule has 1 fully saturated rings. The zero-order chi connectivity index (χ0) is 20.8. The molecule has 1 amide bonds. The lowest BCUT2D eigenvalue weighted by atomic mass is 10.0. The first-order valence-corrected chi connectivity index (χ1v) is 9.60. The Hall–Kier alpha value is -2.83. The summed E-state index contributed by atoms with van der Waals surface area (Å²) in [7, 11) is 3.20. The van der Waals surface area contributed by atoms with Crippen LogP contribution in [0.1, 0.15) is 24.8 Å². The Morgan fingerprint density at radius 2 is 1.76 bits per heavy atom. The van der Waals surface area contributed by atoms with Crippen LogP contribution in [-0.2, 0) is 11.2 Å². The summed E-state index contributed by atoms with van der Waals surface area (Å²) in [6, 6.07) is 8.80. The highest BCUT2D eigenvalue weighted by molar-refractivity contribution is 5.76. The van der Waals surface area contributed by atoms with Gasteiger partial charge in [-0.1, -0.05) is 0 Å². The molecule has 156 valence electrons. The van der Waals surface area contributed by atoms with Crippen LogP contribution in [0.2, 0.25) is 0 Å². The molecule has 0 N–H and O–H groups in total. The fraction of sp³-hybridized carbons (Fsp3) is 0.409. The van der Waals surface area contributed by atoms with Gasteiger partial charge < -0.3 is 19.1 Å². The Bertz CT molecular complexity index is 851. The number of aryl methyl sites for hydroxylation is 1. The second-order valence-electron chi connectivity index (χ2n) is 6.95. The van der Waals surface area contributed by atoms with E-state index in [2.05, 4.69) is 0 Å². The van der Waals surface area contributed by atoms with Crippen LogP contribution in [0.3, 0.4) is 0 Å². The van der Waals surface area contributed by atoms with Crippen molar-refractivity contribution in [2.75, 3.05) is 27.3 Å². The summed E-state index contributed by atoms with van der Waals surface area (Å²) in [5.41, 5.74) is 0.921. The highest BCUT2D eigenvalue weighted by Crippen LogP contribution is 2.26. The van der Waals surface area contributed by atoms with E-state index in [0.29, 0.717) is 38.8 Å². The van der Waals surface area contributed by atoms with Crippen molar-refractivity contribution >= 4 is 5.91 Å². The zero-order valence-corrected chi connectivity index (χ0v) is 16.6. The summed E-state index contributed by atoms with van der Waals surface area (Å²) in [4.78, 5) is 14.4. The van der Waals surface area contributed by atoms with Crippen LogP contribution in [0.4, 0.5) is 8.78 Å². The van der Waals surface area contributed by atoms with Crippen LogP contribution >= 0.6 is 0 Å². The van der Waals surface area contributed by atoms with Crippen molar-refractivity contribution in [1.82, 2.24) is 4.90 Å². The molecule has 1 aliphatic heterocycles. The van der Waals surface area contributed by atoms with Gasteiger partial charge in [-0.3, -0.25) is 4.79 Å². The van der Waals surface area contributed by atoms with Gasteiger partial charge in [0.1, 0.15) is 23.4 Å². The first-order valence-electron chi connectivity index (χ1n) is 9.60. The Labute approximate surface area is 169 Å². The lowest BCUT2D eigenvalue weighted by molar-refractivity contribution is -0.132. The van der Waals surface area contributed by atoms with Gasteiger partial charge in [0.25, 0.3) is 0 Å². The summed E-state index contributed by atoms with van der Waals surface area (Å²) in [6.07, 6.45) is 1.92. The van der Waals surface area contributed by atoms with Crippen LogP contribution in [0.25, 0.3) is 0 Å². The number of amides is 1. The van der Waals surface area contributed by atoms with Crippen LogP contribution in [-0.4, -0.2) is 44.2 Å². The molecule has 0 aliphatic carbocycles. The molecule has 0 spiro atoms. The normalized spacial score (nSPS) is 14.6. The van der Waals surface area contributed by atoms with Crippen LogP contribution in [0.15, 0.2) is 36.4 Å². The first kappa shape index (κ1) is 20.9. The molecule has 0 unspecified atom stereocenters. The number of hydrogen-bond donors (Lipinski definition) is 0. The number of nitrogens with zero attached hydrogens (tertiary/aromatic N) is 1. The monoisotopic (exact) mass is 405 g/mol. The van der Waals surface area contributed by atoms with Crippen molar-refractivity contribution in [1.29, 1.82) is 0 Å². The van der Waals surface area contributed by atoms with E-state index in [0.717, 1.165) is 23.1 Å². The Morgan fingerprint density at radius 3 is 2.41 bits per heavy atom. The van der Waals surface area contributed by atoms with Crippen LogP contribution < -0.4 is 14.2 Å². The lowest BCUT2D eigenvalue weighted by Crippen LogP contribution is -2.41. The smallest absolute Gasteiger partial charge is 0.222 e. The predicted octanol–water partition coefficient (Wildman–Crippen LogP) is 3.98. The average Bonchev–Trinajstić information content (AvgIpc) is 2.74. The topological polar surface area (TPSA) is 48.0 Å². The van der Waals surface area contributed by atoms with Crippen LogP contribution in [0, 0.1) is 11.6 Å². The van der Waals surface area contributed by atoms with Gasteiger partial charge in [0.05, 0.1) is 14.2 Å². The highest BCUT2D eigenvalue weighted by atomic mass is 19.1. The summed E-state index contributed by atoms with van der Waals surface area (Å²) in [5.74, 6) is 0.201. The minimum absolute atomic E-state index is 0.0429. The summed E-state index contributed by atoms with van der Waals surface area (Å²) >= 11 is 0. The van der Waals surface area contributed by atoms with Gasteiger partial charge in [0, 0.05) is 38.4 Å². The van der Waals surface area contributed by atoms with Crippen LogP contribution in [0.5, 0.6) is 17.2 Å². The molecular weight excluding hydrogens is 380 g/mol. The standard InChI is InChI=1S/C22H25F2NO4/c1-27-18-5-7-20(28-2)15(13-18)3-8-22(26)25-11-9-17(10-12-25)29-21-6-4-16(23)14-19(21)24/h4-7,13-14,17H,3,8-12H2,1-2H3. The second-order valence-corrected chi connectivity index (χ2v) is 6.95. The van der Waals surface area contributed by atoms with Gasteiger partial charge in [-0.25, -0.2) is 8.78 Å². The van der Waals surface area contributed by atoms with Crippen molar-refractivity contribution in [3.63, 3.8) is 0 Å². The van der Waals surface area contributed by atoms with E-state index >= 15 is 0 Å². The predicted molar refractivity (Wildman–Crippen MR) is 104 cm³/mol. The van der Waals surface area contributed by atoms with E-state index in [1.807, 2.05) is 18.2 Å². The average molecular weight is 405 g/mol. The molecule has 2 aromatic carbocycles. The summed E-state index contributed by atoms with van der Waals surface area (Å²) < 4.78 is 43.0. The Balaban J connectivity index is 1.50. The molecule has 0 radical (unpaired) electrons. The maximum atomic E-state index is 13.7. The number of methoxy groups -OCH3 is 2. The number of piperidine rings is 1. The molecule has 1 saturated heterocycles. The van der Waals surface area contributed by atoms with E-state index in [4.69, 9.17) is 14.2 Å². The van der Waals surface area contributed by atoms with Gasteiger partial charge in [-0.05, 0) is 42.3 Å². The number of halogens is 2. The fourth-order valence-electron chi connectivity index (χ4n) is 3.45. The van der Waals surface area contributed by atoms with Crippen molar-refractivity contribution in [3.8, 4) is 17.2 Å². The molecule has 0 atom stereocenters. The molecule has 2 aromatic rings. The maximum Gasteiger partial charge on any atom is 0.222 e. The molecule has 7 heteroatoms. The van der Waals surface area contributed by atoms with Crippen molar-refractivity contribution in [2.45, 2.75) is 31.8 Å². The molecular formula is C22H25F2NO4. The van der Waals surface area contributed by atoms with Crippen molar-refractivity contribution < 1.29 is 27.8 Å². The van der Waals surface area contributed by atoms with Gasteiger partial charge >= 0.3 is 0 Å². The number of likely N-dealkylation sites (tertiary alicyclic amines) is 1. The summed E-state index contributed by atoms with van der Waals surface area (Å²) in [6.45, 7) is 1.09. The van der Waals surface area contributed by atoms with E-state index in [-0.39, 0.29) is 17.8 Å². The third kappa shape index (κ3) is 5.37. The molecule has 1 heterocycles. The molecule has 5 nitrogen and oxygen atoms in total. The van der Waals surface area contributed by atoms with E-state index in [1.54, 1.807) is 19.1 Å². The first-order chi connectivity index (χ1) is 14.0. The Morgan fingerprint density at radius 1 is 1.03 bits per heavy atom. The number of hydrogen-bond acceptors (Lipinski definition) is 4. The molecule has 0 bridgehead atoms. The highest BCUT2D eigenvalue weighted by Gasteiger charge is 2.24. The molecule has 0 aromatic heterocycles. The van der Waals surface area contributed by atoms with E-state index < -0.39 is 11.6 Å². The second kappa shape index (κ2) is 9.58. The Kier molecular flexibility index (Phi) is 6.90. The van der Waals surface area contributed by atoms with E-state index in [9.17, 15) is 13.6 Å². The number of carbonyl (C=O) groups excluding carboxylic acids is 1. The fourth-order valence-corrected chi connectivity index (χ4v) is 3.45. The van der Waals surface area contributed by atoms with Gasteiger partial charge in [-0.2, -0.15) is 0 Å². The van der Waals surface area contributed by atoms with Gasteiger partial charge in [-0.15, -0.1) is 0 Å². The molecule has 3 rings (SSSR count). The molecule has 1 aliphatic rings. The quantitative estimate of drug-likeness (QED) is 0.699. The number of benzene rings is 2. The molecule has 29 heavy (non-hydrogen) atoms. The lowest BCUT2D eigenvalue weighted by Gasteiger charge is -2.32. The minimum Gasteiger partial charge on any atom is -0.497 e. The number of ether oxygens (including phenoxy) is 3. The van der Waals surface area contributed by atoms with Crippen molar-refractivity contribution in [3.05, 3.63) is 53.6 Å². The van der Waals surface area contributed by atoms with Crippen molar-refractivity contribution in [2.24, 2.45) is 0 Å². The van der Waals surface area contributed by atoms with Gasteiger partial charge in [0.15, 0.2) is 11.6 Å². The zero-order valence-electron chi connectivity index (χ0n) is 16.6. The number of carbonyl (C=O) groups is 1. The largest absolute Gasteiger partial charge is 0.497 e. The number of rotatable bonds is 7. The minimum atomic E-state index is -0.712. The van der Waals surface area contributed by atoms with Gasteiger partial charge in [0.2, 0.25) is 5.91 Å². The third-order valence-electron chi connectivity index (χ3n) is 5.08. The molecule has 0 saturated carbocycles. The van der Waals surface area contributed by atoms with E-state index in [1.165, 1.54) is 12.1 Å². The summed E-state index contributed by atoms with van der Waals surface area (Å²) in [5, 5.41) is 0.